The van der Waals surface area contributed by atoms with Crippen LogP contribution in [0.5, 0.6) is 0 Å². The lowest BCUT2D eigenvalue weighted by Gasteiger charge is -2.26. The molecule has 2 rings (SSSR count). The summed E-state index contributed by atoms with van der Waals surface area (Å²) in [5.41, 5.74) is 0.939. The summed E-state index contributed by atoms with van der Waals surface area (Å²) in [6.07, 6.45) is -2.28. The number of hydrazone groups is 1. The van der Waals surface area contributed by atoms with Crippen LogP contribution in [0.3, 0.4) is 0 Å². The molecule has 0 unspecified atom stereocenters. The molecule has 7 heteroatoms. The third kappa shape index (κ3) is 4.15. The first-order valence-corrected chi connectivity index (χ1v) is 8.20. The normalized spacial score (nSPS) is 16.5. The van der Waals surface area contributed by atoms with Gasteiger partial charge < -0.3 is 5.32 Å². The highest BCUT2D eigenvalue weighted by Crippen LogP contribution is 2.29. The molecule has 1 N–H and O–H groups in total. The lowest BCUT2D eigenvalue weighted by Crippen LogP contribution is -2.36. The Hall–Kier alpha value is -2.57. The van der Waals surface area contributed by atoms with Crippen LogP contribution in [0.1, 0.15) is 45.2 Å². The molecule has 26 heavy (non-hydrogen) atoms. The SMILES string of the molecule is C=C1C(=O)NC(c2ccc(C(C)(C)CC)cc2)=CN1/N=C(\C)C(F)(F)F. The predicted molar refractivity (Wildman–Crippen MR) is 96.0 cm³/mol. The number of amides is 1. The van der Waals surface area contributed by atoms with Crippen molar-refractivity contribution in [2.45, 2.75) is 45.7 Å². The van der Waals surface area contributed by atoms with E-state index in [1.54, 1.807) is 0 Å². The monoisotopic (exact) mass is 365 g/mol. The third-order valence-electron chi connectivity index (χ3n) is 4.57. The number of carbonyl (C=O) groups excluding carboxylic acids is 1. The van der Waals surface area contributed by atoms with Gasteiger partial charge in [-0.2, -0.15) is 18.3 Å². The first-order chi connectivity index (χ1) is 12.0. The van der Waals surface area contributed by atoms with E-state index < -0.39 is 17.8 Å². The maximum atomic E-state index is 12.7. The molecular weight excluding hydrogens is 343 g/mol. The Morgan fingerprint density at radius 1 is 1.23 bits per heavy atom. The molecule has 0 spiro atoms. The molecule has 1 aliphatic rings. The van der Waals surface area contributed by atoms with Crippen LogP contribution < -0.4 is 5.32 Å². The minimum absolute atomic E-state index is 0.0111. The largest absolute Gasteiger partial charge is 0.430 e. The summed E-state index contributed by atoms with van der Waals surface area (Å²) in [6.45, 7) is 10.7. The molecule has 0 fully saturated rings. The molecule has 0 saturated carbocycles. The predicted octanol–water partition coefficient (Wildman–Crippen LogP) is 4.56. The van der Waals surface area contributed by atoms with Gasteiger partial charge in [0, 0.05) is 0 Å². The fourth-order valence-electron chi connectivity index (χ4n) is 2.29. The average molecular weight is 365 g/mol. The second-order valence-electron chi connectivity index (χ2n) is 6.79. The van der Waals surface area contributed by atoms with Gasteiger partial charge >= 0.3 is 6.18 Å². The Kier molecular flexibility index (Phi) is 5.30. The quantitative estimate of drug-likeness (QED) is 0.628. The van der Waals surface area contributed by atoms with Crippen LogP contribution >= 0.6 is 0 Å². The number of alkyl halides is 3. The lowest BCUT2D eigenvalue weighted by molar-refractivity contribution is -0.118. The van der Waals surface area contributed by atoms with E-state index in [1.165, 1.54) is 6.20 Å². The molecule has 1 aromatic carbocycles. The average Bonchev–Trinajstić information content (AvgIpc) is 2.58. The summed E-state index contributed by atoms with van der Waals surface area (Å²) in [7, 11) is 0. The summed E-state index contributed by atoms with van der Waals surface area (Å²) >= 11 is 0. The molecule has 0 radical (unpaired) electrons. The molecule has 0 aliphatic carbocycles. The van der Waals surface area contributed by atoms with E-state index in [2.05, 4.69) is 37.8 Å². The van der Waals surface area contributed by atoms with E-state index in [4.69, 9.17) is 0 Å². The summed E-state index contributed by atoms with van der Waals surface area (Å²) in [4.78, 5) is 12.0. The van der Waals surface area contributed by atoms with Crippen LogP contribution in [-0.2, 0) is 10.2 Å². The number of benzene rings is 1. The molecular formula is C19H22F3N3O. The summed E-state index contributed by atoms with van der Waals surface area (Å²) in [5, 5.41) is 6.96. The van der Waals surface area contributed by atoms with Crippen molar-refractivity contribution >= 4 is 17.3 Å². The van der Waals surface area contributed by atoms with Gasteiger partial charge in [-0.25, -0.2) is 5.01 Å². The van der Waals surface area contributed by atoms with Gasteiger partial charge in [0.15, 0.2) is 0 Å². The van der Waals surface area contributed by atoms with Crippen LogP contribution in [0.4, 0.5) is 13.2 Å². The number of nitrogens with zero attached hydrogens (tertiary/aromatic N) is 2. The van der Waals surface area contributed by atoms with Crippen molar-refractivity contribution < 1.29 is 18.0 Å². The molecule has 0 aromatic heterocycles. The van der Waals surface area contributed by atoms with Gasteiger partial charge in [0.25, 0.3) is 5.91 Å². The van der Waals surface area contributed by atoms with Gasteiger partial charge in [-0.3, -0.25) is 4.79 Å². The molecule has 1 amide bonds. The van der Waals surface area contributed by atoms with E-state index in [-0.39, 0.29) is 11.1 Å². The van der Waals surface area contributed by atoms with Crippen LogP contribution in [0, 0.1) is 0 Å². The van der Waals surface area contributed by atoms with Crippen molar-refractivity contribution in [3.8, 4) is 0 Å². The molecule has 4 nitrogen and oxygen atoms in total. The van der Waals surface area contributed by atoms with Gasteiger partial charge in [-0.15, -0.1) is 0 Å². The van der Waals surface area contributed by atoms with Crippen LogP contribution in [-0.4, -0.2) is 22.8 Å². The van der Waals surface area contributed by atoms with Crippen molar-refractivity contribution in [3.63, 3.8) is 0 Å². The zero-order chi connectivity index (χ0) is 19.7. The number of hydrogen-bond acceptors (Lipinski definition) is 3. The van der Waals surface area contributed by atoms with E-state index >= 15 is 0 Å². The third-order valence-corrected chi connectivity index (χ3v) is 4.57. The van der Waals surface area contributed by atoms with E-state index in [0.29, 0.717) is 11.3 Å². The molecule has 140 valence electrons. The van der Waals surface area contributed by atoms with Crippen molar-refractivity contribution in [2.75, 3.05) is 0 Å². The number of hydrogen-bond donors (Lipinski definition) is 1. The highest BCUT2D eigenvalue weighted by Gasteiger charge is 2.34. The van der Waals surface area contributed by atoms with Gasteiger partial charge in [0.1, 0.15) is 11.4 Å². The molecule has 0 bridgehead atoms. The maximum Gasteiger partial charge on any atom is 0.430 e. The standard InChI is InChI=1S/C19H22F3N3O/c1-6-18(4,5)15-9-7-14(8-10-15)16-11-25(12(2)17(26)23-16)24-13(3)19(20,21)22/h7-11H,2,6H2,1,3-5H3,(H,23,26)/b24-13+. The zero-order valence-corrected chi connectivity index (χ0v) is 15.2. The summed E-state index contributed by atoms with van der Waals surface area (Å²) < 4.78 is 38.2. The summed E-state index contributed by atoms with van der Waals surface area (Å²) in [5.74, 6) is -0.598. The lowest BCUT2D eigenvalue weighted by atomic mass is 9.82. The van der Waals surface area contributed by atoms with Crippen molar-refractivity contribution in [3.05, 3.63) is 53.9 Å². The molecule has 1 aliphatic heterocycles. The second kappa shape index (κ2) is 6.97. The molecule has 1 aromatic rings. The Morgan fingerprint density at radius 2 is 1.81 bits per heavy atom. The summed E-state index contributed by atoms with van der Waals surface area (Å²) in [6, 6.07) is 7.55. The number of carbonyl (C=O) groups is 1. The number of nitrogens with one attached hydrogen (secondary N) is 1. The van der Waals surface area contributed by atoms with E-state index in [0.717, 1.165) is 23.9 Å². The highest BCUT2D eigenvalue weighted by molar-refractivity contribution is 6.00. The molecule has 0 saturated heterocycles. The minimum atomic E-state index is -4.57. The highest BCUT2D eigenvalue weighted by atomic mass is 19.4. The number of rotatable bonds is 4. The van der Waals surface area contributed by atoms with E-state index in [1.807, 2.05) is 24.3 Å². The van der Waals surface area contributed by atoms with Crippen LogP contribution in [0.15, 0.2) is 47.8 Å². The van der Waals surface area contributed by atoms with E-state index in [9.17, 15) is 18.0 Å². The van der Waals surface area contributed by atoms with Crippen molar-refractivity contribution in [2.24, 2.45) is 5.10 Å². The first kappa shape index (κ1) is 19.8. The Morgan fingerprint density at radius 3 is 2.31 bits per heavy atom. The second-order valence-corrected chi connectivity index (χ2v) is 6.79. The molecule has 0 atom stereocenters. The smallest absolute Gasteiger partial charge is 0.319 e. The van der Waals surface area contributed by atoms with Gasteiger partial charge in [0.05, 0.1) is 11.9 Å². The maximum absolute atomic E-state index is 12.7. The number of halogens is 3. The fraction of sp³-hybridized carbons (Fsp3) is 0.368. The van der Waals surface area contributed by atoms with Crippen molar-refractivity contribution in [1.29, 1.82) is 0 Å². The van der Waals surface area contributed by atoms with Gasteiger partial charge in [-0.1, -0.05) is 51.6 Å². The Balaban J connectivity index is 2.38. The first-order valence-electron chi connectivity index (χ1n) is 8.20. The van der Waals surface area contributed by atoms with Gasteiger partial charge in [-0.05, 0) is 29.9 Å². The van der Waals surface area contributed by atoms with Crippen molar-refractivity contribution in [1.82, 2.24) is 10.3 Å². The zero-order valence-electron chi connectivity index (χ0n) is 15.2. The van der Waals surface area contributed by atoms with Crippen LogP contribution in [0.25, 0.3) is 5.70 Å². The fourth-order valence-corrected chi connectivity index (χ4v) is 2.29. The van der Waals surface area contributed by atoms with Gasteiger partial charge in [0.2, 0.25) is 0 Å². The van der Waals surface area contributed by atoms with Crippen LogP contribution in [0.2, 0.25) is 0 Å². The minimum Gasteiger partial charge on any atom is -0.319 e. The Bertz CT molecular complexity index is 774. The molecule has 1 heterocycles. The topological polar surface area (TPSA) is 44.7 Å². The Labute approximate surface area is 151 Å².